The normalized spacial score (nSPS) is 11.1. The van der Waals surface area contributed by atoms with Gasteiger partial charge < -0.3 is 9.13 Å². The number of hydrogen-bond donors (Lipinski definition) is 0. The molecule has 0 aliphatic heterocycles. The first-order valence-corrected chi connectivity index (χ1v) is 16.1. The van der Waals surface area contributed by atoms with Crippen LogP contribution in [0.2, 0.25) is 0 Å². The summed E-state index contributed by atoms with van der Waals surface area (Å²) in [6.45, 7) is 0. The summed E-state index contributed by atoms with van der Waals surface area (Å²) in [6, 6.07) is 54.8. The summed E-state index contributed by atoms with van der Waals surface area (Å²) in [7, 11) is 0. The number of nitrogens with zero attached hydrogens (tertiary/aromatic N) is 6. The van der Waals surface area contributed by atoms with Gasteiger partial charge in [-0.25, -0.2) is 4.98 Å². The summed E-state index contributed by atoms with van der Waals surface area (Å²) < 4.78 is 4.33. The Labute approximate surface area is 287 Å². The Balaban J connectivity index is 1.45. The molecule has 0 fully saturated rings. The lowest BCUT2D eigenvalue weighted by atomic mass is 10.0. The monoisotopic (exact) mass is 636 g/mol. The number of para-hydroxylation sites is 2. The van der Waals surface area contributed by atoms with Crippen LogP contribution < -0.4 is 0 Å². The molecule has 50 heavy (non-hydrogen) atoms. The largest absolute Gasteiger partial charge is 0.307 e. The first kappa shape index (κ1) is 28.7. The minimum Gasteiger partial charge on any atom is -0.307 e. The van der Waals surface area contributed by atoms with Gasteiger partial charge in [0.15, 0.2) is 0 Å². The van der Waals surface area contributed by atoms with Gasteiger partial charge in [-0.2, -0.15) is 15.8 Å². The van der Waals surface area contributed by atoms with Gasteiger partial charge in [-0.3, -0.25) is 0 Å². The summed E-state index contributed by atoms with van der Waals surface area (Å²) in [5.74, 6) is 0. The van der Waals surface area contributed by atoms with E-state index in [-0.39, 0.29) is 0 Å². The first-order chi connectivity index (χ1) is 24.7. The van der Waals surface area contributed by atoms with Crippen molar-refractivity contribution >= 4 is 43.6 Å². The molecule has 0 aliphatic rings. The van der Waals surface area contributed by atoms with Gasteiger partial charge in [0.1, 0.15) is 0 Å². The fourth-order valence-corrected chi connectivity index (χ4v) is 7.19. The standard InChI is InChI=1S/C44H24N6/c45-25-28-17-19-34-32-11-4-6-15-39(32)49(41(34)21-28)43-23-31(27-47)36(38-14-8-13-37(48-38)30-9-2-1-3-10-30)24-44(43)50-40-16-7-5-12-33(40)35-20-18-29(26-46)22-42(35)50/h1-24H. The SMILES string of the molecule is N#Cc1ccc2c3ccccc3n(-c3cc(C#N)c(-c4cccc(-c5ccccc5)n4)cc3-n3c4ccccc4c4ccc(C#N)cc43)c2c1. The predicted molar refractivity (Wildman–Crippen MR) is 198 cm³/mol. The van der Waals surface area contributed by atoms with Gasteiger partial charge in [0, 0.05) is 32.7 Å². The lowest BCUT2D eigenvalue weighted by Crippen LogP contribution is -2.06. The smallest absolute Gasteiger partial charge is 0.0999 e. The Bertz CT molecular complexity index is 2960. The van der Waals surface area contributed by atoms with Crippen LogP contribution in [0.3, 0.4) is 0 Å². The molecule has 9 rings (SSSR count). The van der Waals surface area contributed by atoms with Crippen LogP contribution in [0.5, 0.6) is 0 Å². The molecule has 9 aromatic rings. The van der Waals surface area contributed by atoms with Crippen LogP contribution in [-0.4, -0.2) is 14.1 Å². The predicted octanol–water partition coefficient (Wildman–Crippen LogP) is 10.2. The average molecular weight is 637 g/mol. The maximum absolute atomic E-state index is 10.8. The Morgan fingerprint density at radius 1 is 0.420 bits per heavy atom. The van der Waals surface area contributed by atoms with Crippen molar-refractivity contribution in [3.8, 4) is 52.1 Å². The van der Waals surface area contributed by atoms with Crippen LogP contribution in [-0.2, 0) is 0 Å². The number of nitriles is 3. The highest BCUT2D eigenvalue weighted by Gasteiger charge is 2.23. The molecule has 3 heterocycles. The fourth-order valence-electron chi connectivity index (χ4n) is 7.19. The van der Waals surface area contributed by atoms with Crippen LogP contribution in [0.1, 0.15) is 16.7 Å². The van der Waals surface area contributed by atoms with Crippen LogP contribution in [0.15, 0.2) is 146 Å². The van der Waals surface area contributed by atoms with Gasteiger partial charge in [-0.15, -0.1) is 0 Å². The molecule has 0 amide bonds. The molecule has 0 bridgehead atoms. The van der Waals surface area contributed by atoms with E-state index in [9.17, 15) is 15.8 Å². The second-order valence-corrected chi connectivity index (χ2v) is 12.2. The molecular weight excluding hydrogens is 613 g/mol. The molecular formula is C44H24N6. The van der Waals surface area contributed by atoms with E-state index in [1.165, 1.54) is 0 Å². The molecule has 3 aromatic heterocycles. The van der Waals surface area contributed by atoms with Crippen LogP contribution in [0, 0.1) is 34.0 Å². The average Bonchev–Trinajstić information content (AvgIpc) is 3.69. The molecule has 0 spiro atoms. The topological polar surface area (TPSA) is 94.1 Å². The van der Waals surface area contributed by atoms with E-state index in [2.05, 4.69) is 51.6 Å². The summed E-state index contributed by atoms with van der Waals surface area (Å²) in [6.07, 6.45) is 0. The highest BCUT2D eigenvalue weighted by atomic mass is 15.1. The molecule has 0 unspecified atom stereocenters. The number of pyridine rings is 1. The Morgan fingerprint density at radius 2 is 0.940 bits per heavy atom. The van der Waals surface area contributed by atoms with E-state index in [1.807, 2.05) is 121 Å². The number of fused-ring (bicyclic) bond motifs is 6. The van der Waals surface area contributed by atoms with Gasteiger partial charge in [0.25, 0.3) is 0 Å². The van der Waals surface area contributed by atoms with E-state index < -0.39 is 0 Å². The quantitative estimate of drug-likeness (QED) is 0.192. The molecule has 0 radical (unpaired) electrons. The number of rotatable bonds is 4. The van der Waals surface area contributed by atoms with Gasteiger partial charge in [0.05, 0.1) is 79.7 Å². The minimum absolute atomic E-state index is 0.460. The fraction of sp³-hybridized carbons (Fsp3) is 0. The van der Waals surface area contributed by atoms with E-state index >= 15 is 0 Å². The number of hydrogen-bond acceptors (Lipinski definition) is 4. The summed E-state index contributed by atoms with van der Waals surface area (Å²) in [4.78, 5) is 5.07. The zero-order chi connectivity index (χ0) is 33.8. The minimum atomic E-state index is 0.460. The van der Waals surface area contributed by atoms with Gasteiger partial charge in [0.2, 0.25) is 0 Å². The third-order valence-electron chi connectivity index (χ3n) is 9.42. The van der Waals surface area contributed by atoms with Gasteiger partial charge >= 0.3 is 0 Å². The molecule has 6 nitrogen and oxygen atoms in total. The summed E-state index contributed by atoms with van der Waals surface area (Å²) >= 11 is 0. The van der Waals surface area contributed by atoms with E-state index in [0.717, 1.165) is 66.2 Å². The molecule has 0 atom stereocenters. The van der Waals surface area contributed by atoms with Gasteiger partial charge in [-0.1, -0.05) is 84.9 Å². The summed E-state index contributed by atoms with van der Waals surface area (Å²) in [5, 5.41) is 34.7. The maximum Gasteiger partial charge on any atom is 0.0999 e. The zero-order valence-corrected chi connectivity index (χ0v) is 26.5. The Hall–Kier alpha value is -7.46. The molecule has 0 N–H and O–H groups in total. The van der Waals surface area contributed by atoms with Crippen molar-refractivity contribution in [3.05, 3.63) is 162 Å². The third-order valence-corrected chi connectivity index (χ3v) is 9.42. The first-order valence-electron chi connectivity index (χ1n) is 16.1. The summed E-state index contributed by atoms with van der Waals surface area (Å²) in [5.41, 5.74) is 9.87. The zero-order valence-electron chi connectivity index (χ0n) is 26.5. The van der Waals surface area contributed by atoms with Crippen molar-refractivity contribution in [2.75, 3.05) is 0 Å². The molecule has 230 valence electrons. The second kappa shape index (κ2) is 11.4. The van der Waals surface area contributed by atoms with E-state index in [1.54, 1.807) is 0 Å². The molecule has 6 aromatic carbocycles. The van der Waals surface area contributed by atoms with E-state index in [0.29, 0.717) is 27.9 Å². The lowest BCUT2D eigenvalue weighted by Gasteiger charge is -2.19. The van der Waals surface area contributed by atoms with Crippen LogP contribution in [0.25, 0.3) is 77.5 Å². The lowest BCUT2D eigenvalue weighted by molar-refractivity contribution is 1.09. The van der Waals surface area contributed by atoms with Crippen LogP contribution >= 0.6 is 0 Å². The van der Waals surface area contributed by atoms with Crippen LogP contribution in [0.4, 0.5) is 0 Å². The van der Waals surface area contributed by atoms with Crippen molar-refractivity contribution in [3.63, 3.8) is 0 Å². The van der Waals surface area contributed by atoms with E-state index in [4.69, 9.17) is 4.98 Å². The third kappa shape index (κ3) is 4.36. The Kier molecular flexibility index (Phi) is 6.53. The number of benzene rings is 6. The highest BCUT2D eigenvalue weighted by molar-refractivity contribution is 6.12. The van der Waals surface area contributed by atoms with Crippen molar-refractivity contribution in [2.24, 2.45) is 0 Å². The molecule has 0 saturated heterocycles. The van der Waals surface area contributed by atoms with Crippen molar-refractivity contribution < 1.29 is 0 Å². The highest BCUT2D eigenvalue weighted by Crippen LogP contribution is 2.41. The molecule has 0 aliphatic carbocycles. The van der Waals surface area contributed by atoms with Crippen molar-refractivity contribution in [2.45, 2.75) is 0 Å². The number of aromatic nitrogens is 3. The molecule has 6 heteroatoms. The molecule has 0 saturated carbocycles. The Morgan fingerprint density at radius 3 is 1.52 bits per heavy atom. The van der Waals surface area contributed by atoms with Crippen molar-refractivity contribution in [1.29, 1.82) is 15.8 Å². The van der Waals surface area contributed by atoms with Crippen molar-refractivity contribution in [1.82, 2.24) is 14.1 Å². The maximum atomic E-state index is 10.8. The van der Waals surface area contributed by atoms with Gasteiger partial charge in [-0.05, 0) is 60.7 Å². The second-order valence-electron chi connectivity index (χ2n) is 12.2.